The van der Waals surface area contributed by atoms with Crippen molar-refractivity contribution in [2.45, 2.75) is 62.8 Å². The van der Waals surface area contributed by atoms with Crippen LogP contribution in [0.2, 0.25) is 5.02 Å². The number of nitrogens with zero attached hydrogens (tertiary/aromatic N) is 2. The summed E-state index contributed by atoms with van der Waals surface area (Å²) in [5.41, 5.74) is 0.124. The van der Waals surface area contributed by atoms with E-state index in [-0.39, 0.29) is 17.9 Å². The summed E-state index contributed by atoms with van der Waals surface area (Å²) in [5, 5.41) is 11.7. The maximum Gasteiger partial charge on any atom is 0.309 e. The van der Waals surface area contributed by atoms with Gasteiger partial charge in [-0.2, -0.15) is 11.8 Å². The van der Waals surface area contributed by atoms with Gasteiger partial charge in [0.05, 0.1) is 23.1 Å². The van der Waals surface area contributed by atoms with Gasteiger partial charge in [0.15, 0.2) is 0 Å². The molecule has 1 aliphatic heterocycles. The number of ether oxygens (including phenoxy) is 1. The van der Waals surface area contributed by atoms with Crippen LogP contribution in [0.4, 0.5) is 4.39 Å². The predicted octanol–water partition coefficient (Wildman–Crippen LogP) is 6.53. The van der Waals surface area contributed by atoms with Crippen LogP contribution in [-0.2, 0) is 4.79 Å². The standard InChI is InChI=1S/C26H34ClFN2O3S/c1-33-18-6-7-23-20(16-18)24(21(27)17-29-23)22(28)8-9-26(25(31)32)10-12-30(13-11-26)14-15-34-19-4-2-3-5-19/h6-7,16-17,19,22H,2-5,8-15H2,1H3,(H,31,32). The molecule has 8 heteroatoms. The zero-order valence-corrected chi connectivity index (χ0v) is 21.3. The van der Waals surface area contributed by atoms with Gasteiger partial charge in [-0.1, -0.05) is 24.4 Å². The molecule has 2 fully saturated rings. The second-order valence-corrected chi connectivity index (χ2v) is 11.4. The molecule has 34 heavy (non-hydrogen) atoms. The Labute approximate surface area is 210 Å². The lowest BCUT2D eigenvalue weighted by molar-refractivity contribution is -0.153. The number of aliphatic carboxylic acids is 1. The van der Waals surface area contributed by atoms with Gasteiger partial charge in [-0.05, 0) is 69.8 Å². The minimum absolute atomic E-state index is 0.111. The minimum atomic E-state index is -1.37. The van der Waals surface area contributed by atoms with Crippen LogP contribution >= 0.6 is 23.4 Å². The number of fused-ring (bicyclic) bond motifs is 1. The van der Waals surface area contributed by atoms with Crippen molar-refractivity contribution < 1.29 is 19.0 Å². The van der Waals surface area contributed by atoms with E-state index < -0.39 is 17.6 Å². The maximum atomic E-state index is 15.6. The first-order valence-corrected chi connectivity index (χ1v) is 13.7. The van der Waals surface area contributed by atoms with Gasteiger partial charge in [-0.15, -0.1) is 0 Å². The van der Waals surface area contributed by atoms with Crippen LogP contribution in [0.1, 0.15) is 63.1 Å². The number of pyridine rings is 1. The van der Waals surface area contributed by atoms with E-state index in [9.17, 15) is 9.90 Å². The second-order valence-electron chi connectivity index (χ2n) is 9.61. The zero-order valence-electron chi connectivity index (χ0n) is 19.8. The molecule has 1 aromatic carbocycles. The maximum absolute atomic E-state index is 15.6. The van der Waals surface area contributed by atoms with Gasteiger partial charge < -0.3 is 14.7 Å². The number of carboxylic acid groups (broad SMARTS) is 1. The van der Waals surface area contributed by atoms with Crippen LogP contribution in [0, 0.1) is 5.41 Å². The molecule has 1 saturated carbocycles. The lowest BCUT2D eigenvalue weighted by atomic mass is 9.74. The van der Waals surface area contributed by atoms with Gasteiger partial charge in [-0.25, -0.2) is 4.39 Å². The molecule has 0 radical (unpaired) electrons. The molecule has 1 saturated heterocycles. The van der Waals surface area contributed by atoms with E-state index >= 15 is 4.39 Å². The summed E-state index contributed by atoms with van der Waals surface area (Å²) in [6.45, 7) is 2.51. The van der Waals surface area contributed by atoms with E-state index in [0.29, 0.717) is 35.1 Å². The smallest absolute Gasteiger partial charge is 0.309 e. The van der Waals surface area contributed by atoms with E-state index in [2.05, 4.69) is 21.6 Å². The molecule has 2 heterocycles. The Kier molecular flexibility index (Phi) is 8.59. The number of rotatable bonds is 10. The molecule has 1 N–H and O–H groups in total. The Balaban J connectivity index is 1.37. The summed E-state index contributed by atoms with van der Waals surface area (Å²) in [6, 6.07) is 5.30. The predicted molar refractivity (Wildman–Crippen MR) is 137 cm³/mol. The second kappa shape index (κ2) is 11.4. The van der Waals surface area contributed by atoms with Crippen LogP contribution in [0.3, 0.4) is 0 Å². The number of benzene rings is 1. The highest BCUT2D eigenvalue weighted by Gasteiger charge is 2.41. The van der Waals surface area contributed by atoms with E-state index in [4.69, 9.17) is 16.3 Å². The molecule has 1 aromatic heterocycles. The molecular weight excluding hydrogens is 475 g/mol. The largest absolute Gasteiger partial charge is 0.497 e. The third kappa shape index (κ3) is 5.80. The molecule has 0 spiro atoms. The summed E-state index contributed by atoms with van der Waals surface area (Å²) in [7, 11) is 1.56. The fraction of sp³-hybridized carbons (Fsp3) is 0.615. The van der Waals surface area contributed by atoms with Gasteiger partial charge in [0, 0.05) is 34.7 Å². The molecule has 0 bridgehead atoms. The number of carbonyl (C=O) groups is 1. The molecule has 4 rings (SSSR count). The normalized spacial score (nSPS) is 20.0. The molecule has 0 amide bonds. The molecule has 1 aliphatic carbocycles. The highest BCUT2D eigenvalue weighted by atomic mass is 35.5. The first kappa shape index (κ1) is 25.5. The molecule has 2 aromatic rings. The fourth-order valence-corrected chi connectivity index (χ4v) is 6.97. The van der Waals surface area contributed by atoms with Crippen molar-refractivity contribution in [2.75, 3.05) is 32.5 Å². The molecule has 186 valence electrons. The van der Waals surface area contributed by atoms with Gasteiger partial charge in [-0.3, -0.25) is 9.78 Å². The molecule has 1 unspecified atom stereocenters. The van der Waals surface area contributed by atoms with E-state index in [1.165, 1.54) is 31.9 Å². The Bertz CT molecular complexity index is 993. The van der Waals surface area contributed by atoms with Crippen LogP contribution in [0.15, 0.2) is 24.4 Å². The fourth-order valence-electron chi connectivity index (χ4n) is 5.34. The summed E-state index contributed by atoms with van der Waals surface area (Å²) in [6.07, 6.45) is 6.98. The number of halogens is 2. The molecule has 2 aliphatic rings. The lowest BCUT2D eigenvalue weighted by Gasteiger charge is -2.39. The summed E-state index contributed by atoms with van der Waals surface area (Å²) < 4.78 is 20.9. The SMILES string of the molecule is COc1ccc2ncc(Cl)c(C(F)CCC3(C(=O)O)CCN(CCSC4CCCC4)CC3)c2c1. The monoisotopic (exact) mass is 508 g/mol. The van der Waals surface area contributed by atoms with Crippen molar-refractivity contribution in [3.8, 4) is 5.75 Å². The number of hydrogen-bond donors (Lipinski definition) is 1. The average molecular weight is 509 g/mol. The molecule has 5 nitrogen and oxygen atoms in total. The first-order valence-electron chi connectivity index (χ1n) is 12.3. The third-order valence-corrected chi connectivity index (χ3v) is 9.25. The summed E-state index contributed by atoms with van der Waals surface area (Å²) in [5.74, 6) is 0.895. The number of methoxy groups -OCH3 is 1. The van der Waals surface area contributed by atoms with E-state index in [1.807, 2.05) is 0 Å². The highest BCUT2D eigenvalue weighted by molar-refractivity contribution is 7.99. The number of aromatic nitrogens is 1. The van der Waals surface area contributed by atoms with Crippen molar-refractivity contribution in [3.05, 3.63) is 35.0 Å². The zero-order chi connectivity index (χ0) is 24.1. The number of thioether (sulfide) groups is 1. The molecule has 1 atom stereocenters. The Morgan fingerprint density at radius 3 is 2.76 bits per heavy atom. The highest BCUT2D eigenvalue weighted by Crippen LogP contribution is 2.42. The minimum Gasteiger partial charge on any atom is -0.497 e. The van der Waals surface area contributed by atoms with Crippen LogP contribution in [-0.4, -0.2) is 58.7 Å². The first-order chi connectivity index (χ1) is 16.4. The third-order valence-electron chi connectivity index (χ3n) is 7.59. The van der Waals surface area contributed by atoms with Crippen molar-refractivity contribution in [1.82, 2.24) is 9.88 Å². The van der Waals surface area contributed by atoms with Crippen molar-refractivity contribution in [1.29, 1.82) is 0 Å². The van der Waals surface area contributed by atoms with E-state index in [1.54, 1.807) is 25.3 Å². The topological polar surface area (TPSA) is 62.7 Å². The van der Waals surface area contributed by atoms with Gasteiger partial charge >= 0.3 is 5.97 Å². The van der Waals surface area contributed by atoms with Crippen LogP contribution in [0.25, 0.3) is 10.9 Å². The Morgan fingerprint density at radius 2 is 2.09 bits per heavy atom. The quantitative estimate of drug-likeness (QED) is 0.393. The van der Waals surface area contributed by atoms with Crippen LogP contribution in [0.5, 0.6) is 5.75 Å². The van der Waals surface area contributed by atoms with Crippen molar-refractivity contribution in [3.63, 3.8) is 0 Å². The number of piperidine rings is 1. The lowest BCUT2D eigenvalue weighted by Crippen LogP contribution is -2.45. The molecular formula is C26H34ClFN2O3S. The Hall–Kier alpha value is -1.57. The van der Waals surface area contributed by atoms with Crippen molar-refractivity contribution in [2.24, 2.45) is 5.41 Å². The van der Waals surface area contributed by atoms with Gasteiger partial charge in [0.25, 0.3) is 0 Å². The van der Waals surface area contributed by atoms with Gasteiger partial charge in [0.2, 0.25) is 0 Å². The Morgan fingerprint density at radius 1 is 1.35 bits per heavy atom. The number of likely N-dealkylation sites (tertiary alicyclic amines) is 1. The average Bonchev–Trinajstić information content (AvgIpc) is 3.36. The van der Waals surface area contributed by atoms with Crippen LogP contribution < -0.4 is 4.74 Å². The summed E-state index contributed by atoms with van der Waals surface area (Å²) in [4.78, 5) is 18.9. The van der Waals surface area contributed by atoms with E-state index in [0.717, 1.165) is 30.6 Å². The van der Waals surface area contributed by atoms with Crippen molar-refractivity contribution >= 4 is 40.2 Å². The number of hydrogen-bond acceptors (Lipinski definition) is 5. The number of carboxylic acids is 1. The summed E-state index contributed by atoms with van der Waals surface area (Å²) >= 11 is 8.43. The number of alkyl halides is 1. The van der Waals surface area contributed by atoms with Gasteiger partial charge in [0.1, 0.15) is 11.9 Å².